The van der Waals surface area contributed by atoms with Crippen molar-refractivity contribution in [1.82, 2.24) is 14.7 Å². The first-order valence-corrected chi connectivity index (χ1v) is 11.6. The molecule has 0 saturated carbocycles. The van der Waals surface area contributed by atoms with Gasteiger partial charge in [0.15, 0.2) is 0 Å². The summed E-state index contributed by atoms with van der Waals surface area (Å²) < 4.78 is 40.4. The van der Waals surface area contributed by atoms with Gasteiger partial charge in [-0.3, -0.25) is 9.69 Å². The molecule has 0 saturated heterocycles. The van der Waals surface area contributed by atoms with Crippen molar-refractivity contribution >= 4 is 5.91 Å². The fourth-order valence-electron chi connectivity index (χ4n) is 4.40. The second-order valence-corrected chi connectivity index (χ2v) is 8.95. The summed E-state index contributed by atoms with van der Waals surface area (Å²) >= 11 is 0. The SMILES string of the molecule is CCN1CCc2c(CCC(=O)N(CCN(C)C)Cc3ccccc3C(F)(F)F)cccc2C1. The first-order valence-electron chi connectivity index (χ1n) is 11.6. The summed E-state index contributed by atoms with van der Waals surface area (Å²) in [7, 11) is 3.78. The molecule has 1 amide bonds. The maximum Gasteiger partial charge on any atom is 0.416 e. The number of rotatable bonds is 9. The van der Waals surface area contributed by atoms with Crippen LogP contribution in [0.15, 0.2) is 42.5 Å². The van der Waals surface area contributed by atoms with Crippen LogP contribution in [-0.2, 0) is 36.9 Å². The molecule has 0 aliphatic carbocycles. The zero-order valence-electron chi connectivity index (χ0n) is 19.8. The van der Waals surface area contributed by atoms with E-state index in [1.165, 1.54) is 28.8 Å². The van der Waals surface area contributed by atoms with E-state index in [4.69, 9.17) is 0 Å². The summed E-state index contributed by atoms with van der Waals surface area (Å²) in [5.41, 5.74) is 3.29. The normalized spacial score (nSPS) is 14.4. The Morgan fingerprint density at radius 2 is 1.76 bits per heavy atom. The first kappa shape index (κ1) is 25.2. The van der Waals surface area contributed by atoms with Crippen LogP contribution < -0.4 is 0 Å². The van der Waals surface area contributed by atoms with E-state index in [1.54, 1.807) is 11.0 Å². The molecule has 0 atom stereocenters. The molecule has 0 fully saturated rings. The van der Waals surface area contributed by atoms with Crippen LogP contribution in [0.1, 0.15) is 41.2 Å². The predicted molar refractivity (Wildman–Crippen MR) is 125 cm³/mol. The van der Waals surface area contributed by atoms with Crippen molar-refractivity contribution in [2.24, 2.45) is 0 Å². The van der Waals surface area contributed by atoms with E-state index in [9.17, 15) is 18.0 Å². The zero-order valence-corrected chi connectivity index (χ0v) is 19.8. The molecule has 3 rings (SSSR count). The molecule has 33 heavy (non-hydrogen) atoms. The largest absolute Gasteiger partial charge is 0.416 e. The van der Waals surface area contributed by atoms with Crippen LogP contribution in [0, 0.1) is 0 Å². The van der Waals surface area contributed by atoms with Crippen molar-refractivity contribution in [1.29, 1.82) is 0 Å². The standard InChI is InChI=1S/C26H34F3N3O/c1-4-31-15-14-23-20(9-7-10-21(23)18-31)12-13-25(33)32(17-16-30(2)3)19-22-8-5-6-11-24(22)26(27,28)29/h5-11H,4,12-19H2,1-3H3. The molecule has 0 bridgehead atoms. The van der Waals surface area contributed by atoms with Gasteiger partial charge in [0, 0.05) is 39.1 Å². The van der Waals surface area contributed by atoms with Gasteiger partial charge in [-0.1, -0.05) is 43.3 Å². The Labute approximate surface area is 195 Å². The van der Waals surface area contributed by atoms with E-state index in [2.05, 4.69) is 24.0 Å². The summed E-state index contributed by atoms with van der Waals surface area (Å²) in [6.07, 6.45) is -2.58. The van der Waals surface area contributed by atoms with Gasteiger partial charge in [-0.05, 0) is 61.8 Å². The van der Waals surface area contributed by atoms with Crippen LogP contribution in [-0.4, -0.2) is 60.9 Å². The number of likely N-dealkylation sites (N-methyl/N-ethyl adjacent to an activating group) is 2. The number of fused-ring (bicyclic) bond motifs is 1. The van der Waals surface area contributed by atoms with Crippen molar-refractivity contribution in [2.45, 2.75) is 45.5 Å². The molecule has 180 valence electrons. The highest BCUT2D eigenvalue weighted by atomic mass is 19.4. The van der Waals surface area contributed by atoms with Crippen LogP contribution in [0.2, 0.25) is 0 Å². The van der Waals surface area contributed by atoms with E-state index in [1.807, 2.05) is 25.1 Å². The minimum atomic E-state index is -4.44. The third kappa shape index (κ3) is 6.81. The topological polar surface area (TPSA) is 26.8 Å². The minimum Gasteiger partial charge on any atom is -0.337 e. The molecule has 2 aromatic rings. The van der Waals surface area contributed by atoms with Gasteiger partial charge >= 0.3 is 6.18 Å². The van der Waals surface area contributed by atoms with Crippen LogP contribution in [0.3, 0.4) is 0 Å². The number of alkyl halides is 3. The smallest absolute Gasteiger partial charge is 0.337 e. The summed E-state index contributed by atoms with van der Waals surface area (Å²) in [5.74, 6) is -0.113. The van der Waals surface area contributed by atoms with Gasteiger partial charge in [-0.15, -0.1) is 0 Å². The molecule has 1 heterocycles. The minimum absolute atomic E-state index is 0.0410. The van der Waals surface area contributed by atoms with Gasteiger partial charge in [0.05, 0.1) is 5.56 Å². The molecule has 0 unspecified atom stereocenters. The highest BCUT2D eigenvalue weighted by Gasteiger charge is 2.33. The number of carbonyl (C=O) groups excluding carboxylic acids is 1. The summed E-state index contributed by atoms with van der Waals surface area (Å²) in [6.45, 7) is 6.05. The average Bonchev–Trinajstić information content (AvgIpc) is 2.79. The van der Waals surface area contributed by atoms with Gasteiger partial charge in [0.25, 0.3) is 0 Å². The Morgan fingerprint density at radius 3 is 2.45 bits per heavy atom. The van der Waals surface area contributed by atoms with Crippen molar-refractivity contribution in [3.63, 3.8) is 0 Å². The Balaban J connectivity index is 1.74. The van der Waals surface area contributed by atoms with Crippen molar-refractivity contribution in [3.05, 3.63) is 70.3 Å². The van der Waals surface area contributed by atoms with E-state index in [0.29, 0.717) is 19.5 Å². The third-order valence-corrected chi connectivity index (χ3v) is 6.35. The summed E-state index contributed by atoms with van der Waals surface area (Å²) in [5, 5.41) is 0. The van der Waals surface area contributed by atoms with Crippen LogP contribution in [0.5, 0.6) is 0 Å². The predicted octanol–water partition coefficient (Wildman–Crippen LogP) is 4.61. The third-order valence-electron chi connectivity index (χ3n) is 6.35. The molecule has 1 aliphatic rings. The fourth-order valence-corrected chi connectivity index (χ4v) is 4.40. The number of aryl methyl sites for hydroxylation is 1. The highest BCUT2D eigenvalue weighted by molar-refractivity contribution is 5.76. The van der Waals surface area contributed by atoms with Crippen LogP contribution in [0.4, 0.5) is 13.2 Å². The number of carbonyl (C=O) groups is 1. The lowest BCUT2D eigenvalue weighted by Gasteiger charge is -2.29. The number of hydrogen-bond donors (Lipinski definition) is 0. The number of benzene rings is 2. The van der Waals surface area contributed by atoms with Gasteiger partial charge < -0.3 is 9.80 Å². The number of nitrogens with zero attached hydrogens (tertiary/aromatic N) is 3. The van der Waals surface area contributed by atoms with E-state index in [0.717, 1.165) is 32.1 Å². The molecule has 2 aromatic carbocycles. The number of halogens is 3. The van der Waals surface area contributed by atoms with E-state index >= 15 is 0 Å². The Bertz CT molecular complexity index is 943. The summed E-state index contributed by atoms with van der Waals surface area (Å²) in [6, 6.07) is 11.8. The van der Waals surface area contributed by atoms with Gasteiger partial charge in [-0.25, -0.2) is 0 Å². The van der Waals surface area contributed by atoms with Gasteiger partial charge in [-0.2, -0.15) is 13.2 Å². The Hall–Kier alpha value is -2.38. The lowest BCUT2D eigenvalue weighted by atomic mass is 9.92. The number of amides is 1. The Kier molecular flexibility index (Phi) is 8.54. The second kappa shape index (κ2) is 11.2. The number of hydrogen-bond acceptors (Lipinski definition) is 3. The Morgan fingerprint density at radius 1 is 1.03 bits per heavy atom. The fraction of sp³-hybridized carbons (Fsp3) is 0.500. The molecule has 0 N–H and O–H groups in total. The van der Waals surface area contributed by atoms with Gasteiger partial charge in [0.2, 0.25) is 5.91 Å². The molecule has 0 radical (unpaired) electrons. The quantitative estimate of drug-likeness (QED) is 0.546. The summed E-state index contributed by atoms with van der Waals surface area (Å²) in [4.78, 5) is 19.1. The molecule has 0 spiro atoms. The lowest BCUT2D eigenvalue weighted by Crippen LogP contribution is -2.37. The monoisotopic (exact) mass is 461 g/mol. The molecule has 0 aromatic heterocycles. The maximum atomic E-state index is 13.5. The molecular formula is C26H34F3N3O. The molecule has 1 aliphatic heterocycles. The molecule has 4 nitrogen and oxygen atoms in total. The molecule has 7 heteroatoms. The zero-order chi connectivity index (χ0) is 24.0. The van der Waals surface area contributed by atoms with Crippen LogP contribution >= 0.6 is 0 Å². The molecular weight excluding hydrogens is 427 g/mol. The van der Waals surface area contributed by atoms with Crippen LogP contribution in [0.25, 0.3) is 0 Å². The highest BCUT2D eigenvalue weighted by Crippen LogP contribution is 2.32. The van der Waals surface area contributed by atoms with Crippen molar-refractivity contribution in [3.8, 4) is 0 Å². The second-order valence-electron chi connectivity index (χ2n) is 8.95. The van der Waals surface area contributed by atoms with Crippen molar-refractivity contribution in [2.75, 3.05) is 40.3 Å². The van der Waals surface area contributed by atoms with E-state index in [-0.39, 0.29) is 24.4 Å². The maximum absolute atomic E-state index is 13.5. The van der Waals surface area contributed by atoms with Gasteiger partial charge in [0.1, 0.15) is 0 Å². The van der Waals surface area contributed by atoms with E-state index < -0.39 is 11.7 Å². The first-order chi connectivity index (χ1) is 15.7. The lowest BCUT2D eigenvalue weighted by molar-refractivity contribution is -0.140. The average molecular weight is 462 g/mol. The van der Waals surface area contributed by atoms with Crippen molar-refractivity contribution < 1.29 is 18.0 Å².